The first-order valence-corrected chi connectivity index (χ1v) is 7.86. The Kier molecular flexibility index (Phi) is 4.46. The van der Waals surface area contributed by atoms with E-state index in [1.165, 1.54) is 4.90 Å². The lowest BCUT2D eigenvalue weighted by molar-refractivity contribution is -0.123. The van der Waals surface area contributed by atoms with Crippen LogP contribution in [0.1, 0.15) is 18.1 Å². The van der Waals surface area contributed by atoms with Crippen molar-refractivity contribution in [2.75, 3.05) is 23.4 Å². The van der Waals surface area contributed by atoms with Crippen LogP contribution in [0.25, 0.3) is 0 Å². The number of ether oxygens (including phenoxy) is 1. The SMILES string of the molecule is CCc1cccc(C)c1NC(=O)CN1C(=O)COc2cccnc21. The van der Waals surface area contributed by atoms with E-state index < -0.39 is 0 Å². The molecule has 6 nitrogen and oxygen atoms in total. The van der Waals surface area contributed by atoms with Crippen molar-refractivity contribution < 1.29 is 14.3 Å². The number of para-hydroxylation sites is 1. The van der Waals surface area contributed by atoms with Gasteiger partial charge in [0, 0.05) is 11.9 Å². The summed E-state index contributed by atoms with van der Waals surface area (Å²) >= 11 is 0. The van der Waals surface area contributed by atoms with Crippen molar-refractivity contribution in [3.63, 3.8) is 0 Å². The molecule has 2 heterocycles. The van der Waals surface area contributed by atoms with Crippen LogP contribution in [0.2, 0.25) is 0 Å². The van der Waals surface area contributed by atoms with Gasteiger partial charge in [0.05, 0.1) is 0 Å². The van der Waals surface area contributed by atoms with Gasteiger partial charge in [0.1, 0.15) is 6.54 Å². The van der Waals surface area contributed by atoms with E-state index in [4.69, 9.17) is 4.74 Å². The smallest absolute Gasteiger partial charge is 0.266 e. The van der Waals surface area contributed by atoms with Crippen molar-refractivity contribution in [3.8, 4) is 5.75 Å². The average molecular weight is 325 g/mol. The molecule has 2 aromatic rings. The molecule has 0 spiro atoms. The van der Waals surface area contributed by atoms with Gasteiger partial charge in [0.2, 0.25) is 5.91 Å². The Bertz CT molecular complexity index is 789. The zero-order chi connectivity index (χ0) is 17.1. The molecule has 1 aromatic carbocycles. The number of anilines is 2. The van der Waals surface area contributed by atoms with Gasteiger partial charge in [0.25, 0.3) is 5.91 Å². The molecule has 3 rings (SSSR count). The number of aryl methyl sites for hydroxylation is 2. The van der Waals surface area contributed by atoms with E-state index in [1.807, 2.05) is 32.0 Å². The maximum absolute atomic E-state index is 12.5. The van der Waals surface area contributed by atoms with Gasteiger partial charge in [-0.2, -0.15) is 0 Å². The number of amides is 2. The van der Waals surface area contributed by atoms with E-state index in [2.05, 4.69) is 10.3 Å². The number of pyridine rings is 1. The van der Waals surface area contributed by atoms with Crippen LogP contribution in [0.3, 0.4) is 0 Å². The lowest BCUT2D eigenvalue weighted by Gasteiger charge is -2.27. The zero-order valence-electron chi connectivity index (χ0n) is 13.7. The molecular weight excluding hydrogens is 306 g/mol. The van der Waals surface area contributed by atoms with Gasteiger partial charge in [-0.25, -0.2) is 4.98 Å². The summed E-state index contributed by atoms with van der Waals surface area (Å²) < 4.78 is 5.34. The number of nitrogens with one attached hydrogen (secondary N) is 1. The highest BCUT2D eigenvalue weighted by atomic mass is 16.5. The lowest BCUT2D eigenvalue weighted by atomic mass is 10.1. The molecule has 6 heteroatoms. The molecule has 0 unspecified atom stereocenters. The predicted molar refractivity (Wildman–Crippen MR) is 91.3 cm³/mol. The van der Waals surface area contributed by atoms with Gasteiger partial charge >= 0.3 is 0 Å². The first-order chi connectivity index (χ1) is 11.6. The fraction of sp³-hybridized carbons (Fsp3) is 0.278. The van der Waals surface area contributed by atoms with Crippen molar-refractivity contribution in [2.45, 2.75) is 20.3 Å². The minimum absolute atomic E-state index is 0.0868. The molecule has 0 aliphatic carbocycles. The Morgan fingerprint density at radius 3 is 2.96 bits per heavy atom. The molecule has 1 aromatic heterocycles. The number of carbonyl (C=O) groups is 2. The number of aromatic nitrogens is 1. The topological polar surface area (TPSA) is 71.5 Å². The van der Waals surface area contributed by atoms with Crippen LogP contribution in [-0.2, 0) is 16.0 Å². The molecule has 24 heavy (non-hydrogen) atoms. The molecule has 0 atom stereocenters. The summed E-state index contributed by atoms with van der Waals surface area (Å²) in [4.78, 5) is 30.1. The Hall–Kier alpha value is -2.89. The number of carbonyl (C=O) groups excluding carboxylic acids is 2. The molecule has 124 valence electrons. The highest BCUT2D eigenvalue weighted by Gasteiger charge is 2.28. The van der Waals surface area contributed by atoms with Crippen LogP contribution >= 0.6 is 0 Å². The molecule has 1 aliphatic rings. The number of fused-ring (bicyclic) bond motifs is 1. The van der Waals surface area contributed by atoms with E-state index in [0.29, 0.717) is 11.6 Å². The molecule has 0 bridgehead atoms. The largest absolute Gasteiger partial charge is 0.480 e. The molecular formula is C18H19N3O3. The number of hydrogen-bond acceptors (Lipinski definition) is 4. The van der Waals surface area contributed by atoms with Gasteiger partial charge in [-0.05, 0) is 36.6 Å². The van der Waals surface area contributed by atoms with Crippen molar-refractivity contribution in [1.29, 1.82) is 0 Å². The third kappa shape index (κ3) is 3.08. The molecule has 0 fully saturated rings. The summed E-state index contributed by atoms with van der Waals surface area (Å²) in [6.45, 7) is 3.81. The maximum Gasteiger partial charge on any atom is 0.266 e. The van der Waals surface area contributed by atoms with Crippen molar-refractivity contribution >= 4 is 23.3 Å². The summed E-state index contributed by atoms with van der Waals surface area (Å²) in [5, 5.41) is 2.93. The van der Waals surface area contributed by atoms with Gasteiger partial charge in [-0.15, -0.1) is 0 Å². The normalized spacial score (nSPS) is 13.2. The molecule has 1 aliphatic heterocycles. The summed E-state index contributed by atoms with van der Waals surface area (Å²) in [5.74, 6) is 0.349. The van der Waals surface area contributed by atoms with Crippen LogP contribution in [0.4, 0.5) is 11.5 Å². The Labute approximate surface area is 140 Å². The Balaban J connectivity index is 1.80. The van der Waals surface area contributed by atoms with Crippen molar-refractivity contribution in [2.24, 2.45) is 0 Å². The Morgan fingerprint density at radius 1 is 1.33 bits per heavy atom. The van der Waals surface area contributed by atoms with E-state index in [-0.39, 0.29) is 25.0 Å². The molecule has 0 saturated heterocycles. The monoisotopic (exact) mass is 325 g/mol. The fourth-order valence-corrected chi connectivity index (χ4v) is 2.72. The van der Waals surface area contributed by atoms with Gasteiger partial charge in [-0.3, -0.25) is 14.5 Å². The molecule has 0 saturated carbocycles. The second-order valence-electron chi connectivity index (χ2n) is 5.60. The third-order valence-electron chi connectivity index (χ3n) is 3.96. The van der Waals surface area contributed by atoms with Crippen LogP contribution in [0, 0.1) is 6.92 Å². The highest BCUT2D eigenvalue weighted by Crippen LogP contribution is 2.29. The van der Waals surface area contributed by atoms with E-state index in [0.717, 1.165) is 23.2 Å². The average Bonchev–Trinajstić information content (AvgIpc) is 2.59. The van der Waals surface area contributed by atoms with E-state index in [9.17, 15) is 9.59 Å². The number of hydrogen-bond donors (Lipinski definition) is 1. The summed E-state index contributed by atoms with van der Waals surface area (Å²) in [5.41, 5.74) is 2.87. The number of nitrogens with zero attached hydrogens (tertiary/aromatic N) is 2. The molecule has 0 radical (unpaired) electrons. The number of rotatable bonds is 4. The lowest BCUT2D eigenvalue weighted by Crippen LogP contribution is -2.44. The van der Waals surface area contributed by atoms with Crippen LogP contribution in [-0.4, -0.2) is 29.9 Å². The molecule has 1 N–H and O–H groups in total. The second kappa shape index (κ2) is 6.70. The van der Waals surface area contributed by atoms with Gasteiger partial charge in [0.15, 0.2) is 18.2 Å². The van der Waals surface area contributed by atoms with Crippen LogP contribution < -0.4 is 15.0 Å². The fourth-order valence-electron chi connectivity index (χ4n) is 2.72. The van der Waals surface area contributed by atoms with Gasteiger partial charge in [-0.1, -0.05) is 25.1 Å². The first kappa shape index (κ1) is 16.0. The minimum Gasteiger partial charge on any atom is -0.480 e. The number of benzene rings is 1. The quantitative estimate of drug-likeness (QED) is 0.936. The van der Waals surface area contributed by atoms with E-state index >= 15 is 0 Å². The highest BCUT2D eigenvalue weighted by molar-refractivity contribution is 6.04. The molecule has 2 amide bonds. The summed E-state index contributed by atoms with van der Waals surface area (Å²) in [7, 11) is 0. The van der Waals surface area contributed by atoms with Gasteiger partial charge < -0.3 is 10.1 Å². The van der Waals surface area contributed by atoms with Crippen LogP contribution in [0.5, 0.6) is 5.75 Å². The summed E-state index contributed by atoms with van der Waals surface area (Å²) in [6, 6.07) is 9.37. The minimum atomic E-state index is -0.281. The standard InChI is InChI=1S/C18H19N3O3/c1-3-13-7-4-6-12(2)17(13)20-15(22)10-21-16(23)11-24-14-8-5-9-19-18(14)21/h4-9H,3,10-11H2,1-2H3,(H,20,22). The van der Waals surface area contributed by atoms with Crippen molar-refractivity contribution in [3.05, 3.63) is 47.7 Å². The summed E-state index contributed by atoms with van der Waals surface area (Å²) in [6.07, 6.45) is 2.39. The van der Waals surface area contributed by atoms with Crippen LogP contribution in [0.15, 0.2) is 36.5 Å². The second-order valence-corrected chi connectivity index (χ2v) is 5.60. The van der Waals surface area contributed by atoms with E-state index in [1.54, 1.807) is 18.3 Å². The maximum atomic E-state index is 12.5. The zero-order valence-corrected chi connectivity index (χ0v) is 13.7. The first-order valence-electron chi connectivity index (χ1n) is 7.86. The third-order valence-corrected chi connectivity index (χ3v) is 3.96. The predicted octanol–water partition coefficient (Wildman–Crippen LogP) is 2.32. The van der Waals surface area contributed by atoms with Crippen molar-refractivity contribution in [1.82, 2.24) is 4.98 Å². The Morgan fingerprint density at radius 2 is 2.17 bits per heavy atom.